The lowest BCUT2D eigenvalue weighted by atomic mass is 10.0. The summed E-state index contributed by atoms with van der Waals surface area (Å²) in [4.78, 5) is 25.4. The fourth-order valence-corrected chi connectivity index (χ4v) is 2.41. The zero-order chi connectivity index (χ0) is 14.7. The molecule has 1 N–H and O–H groups in total. The molecule has 1 atom stereocenters. The largest absolute Gasteiger partial charge is 0.325 e. The van der Waals surface area contributed by atoms with Gasteiger partial charge in [0.2, 0.25) is 0 Å². The molecule has 0 spiro atoms. The molecule has 4 nitrogen and oxygen atoms in total. The van der Waals surface area contributed by atoms with Crippen LogP contribution in [0.25, 0.3) is 0 Å². The summed E-state index contributed by atoms with van der Waals surface area (Å²) in [6.45, 7) is 6.69. The Morgan fingerprint density at radius 3 is 2.60 bits per heavy atom. The van der Waals surface area contributed by atoms with Crippen molar-refractivity contribution in [1.29, 1.82) is 0 Å². The van der Waals surface area contributed by atoms with Crippen LogP contribution in [0, 0.1) is 13.8 Å². The van der Waals surface area contributed by atoms with Gasteiger partial charge in [0.05, 0.1) is 0 Å². The highest BCUT2D eigenvalue weighted by Gasteiger charge is 2.37. The summed E-state index contributed by atoms with van der Waals surface area (Å²) >= 11 is 0. The Bertz CT molecular complexity index is 525. The molecule has 1 saturated heterocycles. The number of rotatable bonds is 5. The van der Waals surface area contributed by atoms with Gasteiger partial charge in [0.15, 0.2) is 0 Å². The molecule has 0 bridgehead atoms. The molecule has 1 aromatic carbocycles. The minimum absolute atomic E-state index is 0.0957. The van der Waals surface area contributed by atoms with Crippen molar-refractivity contribution < 1.29 is 9.59 Å². The first kappa shape index (κ1) is 14.6. The average molecular weight is 274 g/mol. The zero-order valence-corrected chi connectivity index (χ0v) is 12.4. The van der Waals surface area contributed by atoms with E-state index in [1.165, 1.54) is 16.0 Å². The van der Waals surface area contributed by atoms with Gasteiger partial charge in [-0.3, -0.25) is 9.69 Å². The maximum Gasteiger partial charge on any atom is 0.324 e. The molecule has 2 rings (SSSR count). The highest BCUT2D eigenvalue weighted by atomic mass is 16.2. The van der Waals surface area contributed by atoms with Crippen molar-refractivity contribution in [3.8, 4) is 0 Å². The smallest absolute Gasteiger partial charge is 0.324 e. The predicted molar refractivity (Wildman–Crippen MR) is 78.6 cm³/mol. The van der Waals surface area contributed by atoms with Gasteiger partial charge in [0, 0.05) is 13.0 Å². The zero-order valence-electron chi connectivity index (χ0n) is 12.4. The third-order valence-corrected chi connectivity index (χ3v) is 3.85. The van der Waals surface area contributed by atoms with Gasteiger partial charge in [-0.25, -0.2) is 4.79 Å². The number of nitrogens with one attached hydrogen (secondary N) is 1. The van der Waals surface area contributed by atoms with E-state index in [-0.39, 0.29) is 11.9 Å². The van der Waals surface area contributed by atoms with E-state index in [2.05, 4.69) is 31.3 Å². The first-order valence-corrected chi connectivity index (χ1v) is 7.21. The monoisotopic (exact) mass is 274 g/mol. The number of hydrogen-bond donors (Lipinski definition) is 1. The van der Waals surface area contributed by atoms with Gasteiger partial charge in [-0.2, -0.15) is 0 Å². The van der Waals surface area contributed by atoms with Gasteiger partial charge < -0.3 is 5.32 Å². The van der Waals surface area contributed by atoms with Crippen LogP contribution in [0.15, 0.2) is 18.2 Å². The van der Waals surface area contributed by atoms with Gasteiger partial charge in [-0.1, -0.05) is 31.5 Å². The molecule has 0 radical (unpaired) electrons. The second-order valence-corrected chi connectivity index (χ2v) is 5.47. The van der Waals surface area contributed by atoms with Crippen molar-refractivity contribution in [1.82, 2.24) is 10.2 Å². The molecule has 0 aromatic heterocycles. The lowest BCUT2D eigenvalue weighted by molar-refractivity contribution is -0.127. The van der Waals surface area contributed by atoms with Gasteiger partial charge in [0.25, 0.3) is 5.91 Å². The molecule has 20 heavy (non-hydrogen) atoms. The Morgan fingerprint density at radius 1 is 1.20 bits per heavy atom. The summed E-state index contributed by atoms with van der Waals surface area (Å²) in [5.74, 6) is -0.0957. The van der Waals surface area contributed by atoms with Gasteiger partial charge in [0.1, 0.15) is 6.04 Å². The lowest BCUT2D eigenvalue weighted by Gasteiger charge is -2.12. The van der Waals surface area contributed by atoms with Crippen LogP contribution in [0.1, 0.15) is 36.5 Å². The third-order valence-electron chi connectivity index (χ3n) is 3.85. The van der Waals surface area contributed by atoms with Crippen LogP contribution in [0.3, 0.4) is 0 Å². The Kier molecular flexibility index (Phi) is 4.42. The number of aryl methyl sites for hydroxylation is 2. The molecule has 1 aliphatic rings. The fourth-order valence-electron chi connectivity index (χ4n) is 2.41. The Labute approximate surface area is 120 Å². The number of urea groups is 1. The summed E-state index contributed by atoms with van der Waals surface area (Å²) in [6.07, 6.45) is 2.39. The van der Waals surface area contributed by atoms with Crippen molar-refractivity contribution in [3.63, 3.8) is 0 Å². The molecule has 0 aliphatic carbocycles. The standard InChI is InChI=1S/C16H22N2O2/c1-4-5-8-18-15(19)14(17-16(18)20)10-13-7-6-11(2)12(3)9-13/h6-7,9,14H,4-5,8,10H2,1-3H3,(H,17,20). The summed E-state index contributed by atoms with van der Waals surface area (Å²) < 4.78 is 0. The van der Waals surface area contributed by atoms with E-state index < -0.39 is 6.04 Å². The maximum absolute atomic E-state index is 12.2. The van der Waals surface area contributed by atoms with E-state index in [4.69, 9.17) is 0 Å². The minimum Gasteiger partial charge on any atom is -0.325 e. The van der Waals surface area contributed by atoms with E-state index in [1.54, 1.807) is 0 Å². The minimum atomic E-state index is -0.415. The number of amides is 3. The molecular weight excluding hydrogens is 252 g/mol. The quantitative estimate of drug-likeness (QED) is 0.839. The van der Waals surface area contributed by atoms with Gasteiger partial charge >= 0.3 is 6.03 Å². The topological polar surface area (TPSA) is 49.4 Å². The highest BCUT2D eigenvalue weighted by molar-refractivity contribution is 6.04. The van der Waals surface area contributed by atoms with Crippen molar-refractivity contribution >= 4 is 11.9 Å². The summed E-state index contributed by atoms with van der Waals surface area (Å²) in [5.41, 5.74) is 3.53. The molecule has 4 heteroatoms. The second-order valence-electron chi connectivity index (χ2n) is 5.47. The average Bonchev–Trinajstić information content (AvgIpc) is 2.67. The van der Waals surface area contributed by atoms with E-state index in [0.717, 1.165) is 18.4 Å². The summed E-state index contributed by atoms with van der Waals surface area (Å²) in [7, 11) is 0. The van der Waals surface area contributed by atoms with Crippen LogP contribution < -0.4 is 5.32 Å². The van der Waals surface area contributed by atoms with Crippen molar-refractivity contribution in [2.24, 2.45) is 0 Å². The number of carbonyl (C=O) groups is 2. The molecule has 108 valence electrons. The van der Waals surface area contributed by atoms with Crippen LogP contribution in [-0.4, -0.2) is 29.4 Å². The number of imide groups is 1. The fraction of sp³-hybridized carbons (Fsp3) is 0.500. The first-order valence-electron chi connectivity index (χ1n) is 7.21. The number of unbranched alkanes of at least 4 members (excludes halogenated alkanes) is 1. The molecule has 1 heterocycles. The Morgan fingerprint density at radius 2 is 1.95 bits per heavy atom. The van der Waals surface area contributed by atoms with E-state index in [1.807, 2.05) is 13.0 Å². The second kappa shape index (κ2) is 6.07. The van der Waals surface area contributed by atoms with Crippen LogP contribution in [0.2, 0.25) is 0 Å². The molecule has 1 aliphatic heterocycles. The van der Waals surface area contributed by atoms with Crippen molar-refractivity contribution in [3.05, 3.63) is 34.9 Å². The maximum atomic E-state index is 12.2. The molecule has 1 aromatic rings. The van der Waals surface area contributed by atoms with E-state index >= 15 is 0 Å². The molecule has 3 amide bonds. The van der Waals surface area contributed by atoms with E-state index in [0.29, 0.717) is 13.0 Å². The van der Waals surface area contributed by atoms with Crippen LogP contribution in [0.4, 0.5) is 4.79 Å². The molecule has 0 saturated carbocycles. The van der Waals surface area contributed by atoms with Crippen molar-refractivity contribution in [2.75, 3.05) is 6.54 Å². The predicted octanol–water partition coefficient (Wildman–Crippen LogP) is 2.57. The molecular formula is C16H22N2O2. The van der Waals surface area contributed by atoms with Gasteiger partial charge in [-0.05, 0) is 37.0 Å². The Hall–Kier alpha value is -1.84. The number of carbonyl (C=O) groups excluding carboxylic acids is 2. The normalized spacial score (nSPS) is 18.6. The number of nitrogens with zero attached hydrogens (tertiary/aromatic N) is 1. The van der Waals surface area contributed by atoms with Crippen LogP contribution in [0.5, 0.6) is 0 Å². The summed E-state index contributed by atoms with van der Waals surface area (Å²) in [5, 5.41) is 2.78. The van der Waals surface area contributed by atoms with Crippen molar-refractivity contribution in [2.45, 2.75) is 46.1 Å². The Balaban J connectivity index is 2.05. The number of hydrogen-bond acceptors (Lipinski definition) is 2. The molecule has 1 unspecified atom stereocenters. The highest BCUT2D eigenvalue weighted by Crippen LogP contribution is 2.15. The van der Waals surface area contributed by atoms with Crippen LogP contribution >= 0.6 is 0 Å². The van der Waals surface area contributed by atoms with Crippen LogP contribution in [-0.2, 0) is 11.2 Å². The molecule has 1 fully saturated rings. The lowest BCUT2D eigenvalue weighted by Crippen LogP contribution is -2.33. The summed E-state index contributed by atoms with van der Waals surface area (Å²) in [6, 6.07) is 5.50. The number of benzene rings is 1. The first-order chi connectivity index (χ1) is 9.52. The third kappa shape index (κ3) is 3.00. The SMILES string of the molecule is CCCCN1C(=O)NC(Cc2ccc(C)c(C)c2)C1=O. The van der Waals surface area contributed by atoms with Gasteiger partial charge in [-0.15, -0.1) is 0 Å². The van der Waals surface area contributed by atoms with E-state index in [9.17, 15) is 9.59 Å².